The predicted molar refractivity (Wildman–Crippen MR) is 67.1 cm³/mol. The zero-order valence-corrected chi connectivity index (χ0v) is 11.0. The Hall–Kier alpha value is -0.0800. The lowest BCUT2D eigenvalue weighted by Gasteiger charge is -2.33. The van der Waals surface area contributed by atoms with E-state index >= 15 is 0 Å². The molecule has 92 valence electrons. The van der Waals surface area contributed by atoms with E-state index in [-0.39, 0.29) is 0 Å². The van der Waals surface area contributed by atoms with Gasteiger partial charge < -0.3 is 10.4 Å². The molecule has 2 heteroatoms. The number of aliphatic hydroxyl groups excluding tert-OH is 1. The second-order valence-corrected chi connectivity index (χ2v) is 4.75. The predicted octanol–water partition coefficient (Wildman–Crippen LogP) is 2.95. The van der Waals surface area contributed by atoms with Crippen molar-refractivity contribution in [3.8, 4) is 0 Å². The molecule has 1 atom stereocenters. The summed E-state index contributed by atoms with van der Waals surface area (Å²) in [7, 11) is 0. The van der Waals surface area contributed by atoms with Crippen LogP contribution in [0.1, 0.15) is 59.8 Å². The molecule has 0 aliphatic carbocycles. The van der Waals surface area contributed by atoms with E-state index in [1.54, 1.807) is 0 Å². The summed E-state index contributed by atoms with van der Waals surface area (Å²) in [6.45, 7) is 10.3. The molecule has 0 radical (unpaired) electrons. The molecule has 0 spiro atoms. The summed E-state index contributed by atoms with van der Waals surface area (Å²) >= 11 is 0. The van der Waals surface area contributed by atoms with E-state index in [9.17, 15) is 0 Å². The van der Waals surface area contributed by atoms with Crippen LogP contribution >= 0.6 is 0 Å². The second kappa shape index (κ2) is 8.12. The van der Waals surface area contributed by atoms with E-state index in [1.807, 2.05) is 0 Å². The van der Waals surface area contributed by atoms with Crippen LogP contribution in [0.15, 0.2) is 0 Å². The Balaban J connectivity index is 4.04. The highest BCUT2D eigenvalue weighted by Gasteiger charge is 2.25. The van der Waals surface area contributed by atoms with Gasteiger partial charge in [0.15, 0.2) is 0 Å². The zero-order valence-electron chi connectivity index (χ0n) is 11.0. The Morgan fingerprint density at radius 2 is 1.80 bits per heavy atom. The van der Waals surface area contributed by atoms with Gasteiger partial charge in [0, 0.05) is 19.2 Å². The van der Waals surface area contributed by atoms with Gasteiger partial charge in [-0.25, -0.2) is 0 Å². The molecule has 0 heterocycles. The second-order valence-electron chi connectivity index (χ2n) is 4.75. The molecule has 0 aromatic rings. The lowest BCUT2D eigenvalue weighted by molar-refractivity contribution is 0.159. The summed E-state index contributed by atoms with van der Waals surface area (Å²) in [5, 5.41) is 12.7. The van der Waals surface area contributed by atoms with E-state index in [4.69, 9.17) is 5.11 Å². The van der Waals surface area contributed by atoms with E-state index in [2.05, 4.69) is 33.0 Å². The Labute approximate surface area is 95.5 Å². The summed E-state index contributed by atoms with van der Waals surface area (Å²) in [6, 6.07) is 0.603. The van der Waals surface area contributed by atoms with Crippen LogP contribution in [0.25, 0.3) is 0 Å². The van der Waals surface area contributed by atoms with Crippen molar-refractivity contribution in [3.05, 3.63) is 0 Å². The van der Waals surface area contributed by atoms with Gasteiger partial charge in [-0.15, -0.1) is 0 Å². The van der Waals surface area contributed by atoms with Gasteiger partial charge in [0.05, 0.1) is 0 Å². The molecular weight excluding hydrogens is 186 g/mol. The van der Waals surface area contributed by atoms with Crippen molar-refractivity contribution >= 4 is 0 Å². The van der Waals surface area contributed by atoms with Crippen molar-refractivity contribution in [2.24, 2.45) is 5.41 Å². The minimum atomic E-state index is 0.302. The van der Waals surface area contributed by atoms with Crippen molar-refractivity contribution in [1.29, 1.82) is 0 Å². The maximum absolute atomic E-state index is 9.10. The summed E-state index contributed by atoms with van der Waals surface area (Å²) in [4.78, 5) is 0. The van der Waals surface area contributed by atoms with Gasteiger partial charge in [0.1, 0.15) is 0 Å². The molecule has 0 aliphatic heterocycles. The van der Waals surface area contributed by atoms with Gasteiger partial charge in [0.2, 0.25) is 0 Å². The lowest BCUT2D eigenvalue weighted by Crippen LogP contribution is -2.38. The van der Waals surface area contributed by atoms with E-state index in [0.717, 1.165) is 25.8 Å². The largest absolute Gasteiger partial charge is 0.396 e. The zero-order chi connectivity index (χ0) is 11.7. The Morgan fingerprint density at radius 3 is 2.20 bits per heavy atom. The van der Waals surface area contributed by atoms with Crippen molar-refractivity contribution in [2.45, 2.75) is 65.8 Å². The van der Waals surface area contributed by atoms with Crippen molar-refractivity contribution < 1.29 is 5.11 Å². The molecule has 15 heavy (non-hydrogen) atoms. The lowest BCUT2D eigenvalue weighted by atomic mass is 9.79. The van der Waals surface area contributed by atoms with Gasteiger partial charge in [-0.1, -0.05) is 27.2 Å². The average molecular weight is 215 g/mol. The van der Waals surface area contributed by atoms with Gasteiger partial charge in [-0.3, -0.25) is 0 Å². The normalized spacial score (nSPS) is 14.2. The van der Waals surface area contributed by atoms with Crippen LogP contribution in [0, 0.1) is 5.41 Å². The Kier molecular flexibility index (Phi) is 8.07. The smallest absolute Gasteiger partial charge is 0.0436 e. The molecule has 0 fully saturated rings. The summed E-state index contributed by atoms with van der Waals surface area (Å²) in [6.07, 6.45) is 5.69. The van der Waals surface area contributed by atoms with Crippen LogP contribution in [-0.4, -0.2) is 24.3 Å². The van der Waals surface area contributed by atoms with Crippen LogP contribution in [0.2, 0.25) is 0 Å². The SMILES string of the molecule is CCCC(C)NCC(CC)(CC)CCO. The highest BCUT2D eigenvalue weighted by molar-refractivity contribution is 4.80. The first-order chi connectivity index (χ1) is 7.14. The average Bonchev–Trinajstić information content (AvgIpc) is 2.25. The fourth-order valence-electron chi connectivity index (χ4n) is 2.10. The molecule has 0 rings (SSSR count). The van der Waals surface area contributed by atoms with Crippen LogP contribution in [-0.2, 0) is 0 Å². The number of hydrogen-bond donors (Lipinski definition) is 2. The third-order valence-electron chi connectivity index (χ3n) is 3.69. The van der Waals surface area contributed by atoms with Gasteiger partial charge in [0.25, 0.3) is 0 Å². The number of rotatable bonds is 9. The molecule has 0 aliphatic rings. The maximum atomic E-state index is 9.10. The number of nitrogens with one attached hydrogen (secondary N) is 1. The first-order valence-corrected chi connectivity index (χ1v) is 6.48. The van der Waals surface area contributed by atoms with Crippen molar-refractivity contribution in [3.63, 3.8) is 0 Å². The van der Waals surface area contributed by atoms with Crippen molar-refractivity contribution in [2.75, 3.05) is 13.2 Å². The van der Waals surface area contributed by atoms with Crippen LogP contribution in [0.4, 0.5) is 0 Å². The van der Waals surface area contributed by atoms with Gasteiger partial charge in [-0.2, -0.15) is 0 Å². The Morgan fingerprint density at radius 1 is 1.20 bits per heavy atom. The minimum absolute atomic E-state index is 0.302. The quantitative estimate of drug-likeness (QED) is 0.620. The molecular formula is C13H29NO. The highest BCUT2D eigenvalue weighted by atomic mass is 16.3. The standard InChI is InChI=1S/C13H29NO/c1-5-8-12(4)14-11-13(6-2,7-3)9-10-15/h12,14-15H,5-11H2,1-4H3. The summed E-state index contributed by atoms with van der Waals surface area (Å²) in [5.41, 5.74) is 0.302. The highest BCUT2D eigenvalue weighted by Crippen LogP contribution is 2.29. The molecule has 0 bridgehead atoms. The van der Waals surface area contributed by atoms with Crippen LogP contribution in [0.3, 0.4) is 0 Å². The van der Waals surface area contributed by atoms with Crippen LogP contribution in [0.5, 0.6) is 0 Å². The van der Waals surface area contributed by atoms with E-state index in [1.165, 1.54) is 12.8 Å². The minimum Gasteiger partial charge on any atom is -0.396 e. The molecule has 0 aromatic heterocycles. The maximum Gasteiger partial charge on any atom is 0.0436 e. The molecule has 0 aromatic carbocycles. The molecule has 0 saturated carbocycles. The fourth-order valence-corrected chi connectivity index (χ4v) is 2.10. The number of aliphatic hydroxyl groups is 1. The van der Waals surface area contributed by atoms with Gasteiger partial charge in [-0.05, 0) is 38.0 Å². The van der Waals surface area contributed by atoms with Crippen LogP contribution < -0.4 is 5.32 Å². The fraction of sp³-hybridized carbons (Fsp3) is 1.00. The Bertz CT molecular complexity index is 143. The monoisotopic (exact) mass is 215 g/mol. The third kappa shape index (κ3) is 5.53. The summed E-state index contributed by atoms with van der Waals surface area (Å²) in [5.74, 6) is 0. The molecule has 2 nitrogen and oxygen atoms in total. The topological polar surface area (TPSA) is 32.3 Å². The molecule has 0 amide bonds. The first kappa shape index (κ1) is 14.9. The number of hydrogen-bond acceptors (Lipinski definition) is 2. The van der Waals surface area contributed by atoms with E-state index in [0.29, 0.717) is 18.1 Å². The van der Waals surface area contributed by atoms with Gasteiger partial charge >= 0.3 is 0 Å². The molecule has 1 unspecified atom stereocenters. The van der Waals surface area contributed by atoms with E-state index < -0.39 is 0 Å². The molecule has 0 saturated heterocycles. The molecule has 2 N–H and O–H groups in total. The third-order valence-corrected chi connectivity index (χ3v) is 3.69. The summed E-state index contributed by atoms with van der Waals surface area (Å²) < 4.78 is 0. The first-order valence-electron chi connectivity index (χ1n) is 6.48. The van der Waals surface area contributed by atoms with Crippen molar-refractivity contribution in [1.82, 2.24) is 5.32 Å².